The summed E-state index contributed by atoms with van der Waals surface area (Å²) in [5.74, 6) is -0.527. The molecule has 94 valence electrons. The second-order valence-electron chi connectivity index (χ2n) is 4.46. The SMILES string of the molecule is N#Cc1ccc(Cl)cc1OC1(CC(=O)O)CCC1. The molecule has 0 spiro atoms. The summed E-state index contributed by atoms with van der Waals surface area (Å²) in [5, 5.41) is 18.4. The number of hydrogen-bond acceptors (Lipinski definition) is 3. The van der Waals surface area contributed by atoms with E-state index in [-0.39, 0.29) is 6.42 Å². The van der Waals surface area contributed by atoms with Gasteiger partial charge < -0.3 is 9.84 Å². The van der Waals surface area contributed by atoms with Crippen molar-refractivity contribution in [3.05, 3.63) is 28.8 Å². The number of hydrogen-bond donors (Lipinski definition) is 1. The quantitative estimate of drug-likeness (QED) is 0.908. The number of benzene rings is 1. The van der Waals surface area contributed by atoms with E-state index in [1.807, 2.05) is 6.07 Å². The Morgan fingerprint density at radius 2 is 2.28 bits per heavy atom. The molecule has 0 radical (unpaired) electrons. The average Bonchev–Trinajstić information content (AvgIpc) is 2.26. The third-order valence-electron chi connectivity index (χ3n) is 3.13. The molecule has 4 nitrogen and oxygen atoms in total. The van der Waals surface area contributed by atoms with E-state index in [0.29, 0.717) is 29.2 Å². The van der Waals surface area contributed by atoms with E-state index in [9.17, 15) is 4.79 Å². The Morgan fingerprint density at radius 3 is 2.78 bits per heavy atom. The van der Waals surface area contributed by atoms with Crippen molar-refractivity contribution in [3.8, 4) is 11.8 Å². The average molecular weight is 266 g/mol. The maximum absolute atomic E-state index is 10.8. The second kappa shape index (κ2) is 4.87. The van der Waals surface area contributed by atoms with E-state index in [1.54, 1.807) is 18.2 Å². The van der Waals surface area contributed by atoms with Crippen LogP contribution in [0.3, 0.4) is 0 Å². The van der Waals surface area contributed by atoms with Gasteiger partial charge in [-0.1, -0.05) is 11.6 Å². The zero-order valence-corrected chi connectivity index (χ0v) is 10.4. The van der Waals surface area contributed by atoms with E-state index in [2.05, 4.69) is 0 Å². The van der Waals surface area contributed by atoms with Gasteiger partial charge in [0, 0.05) is 11.1 Å². The molecular formula is C13H12ClNO3. The number of rotatable bonds is 4. The van der Waals surface area contributed by atoms with Gasteiger partial charge in [-0.05, 0) is 31.4 Å². The lowest BCUT2D eigenvalue weighted by molar-refractivity contribution is -0.144. The van der Waals surface area contributed by atoms with Gasteiger partial charge in [0.2, 0.25) is 0 Å². The molecule has 5 heteroatoms. The summed E-state index contributed by atoms with van der Waals surface area (Å²) in [6.07, 6.45) is 2.27. The largest absolute Gasteiger partial charge is 0.485 e. The van der Waals surface area contributed by atoms with Crippen LogP contribution in [0.1, 0.15) is 31.2 Å². The van der Waals surface area contributed by atoms with Gasteiger partial charge in [0.15, 0.2) is 0 Å². The number of carboxylic acid groups (broad SMARTS) is 1. The third kappa shape index (κ3) is 2.57. The van der Waals surface area contributed by atoms with E-state index in [4.69, 9.17) is 26.7 Å². The van der Waals surface area contributed by atoms with Crippen LogP contribution in [-0.2, 0) is 4.79 Å². The number of carbonyl (C=O) groups is 1. The van der Waals surface area contributed by atoms with Crippen LogP contribution in [0.4, 0.5) is 0 Å². The lowest BCUT2D eigenvalue weighted by Crippen LogP contribution is -2.45. The fourth-order valence-corrected chi connectivity index (χ4v) is 2.23. The number of carboxylic acids is 1. The van der Waals surface area contributed by atoms with E-state index >= 15 is 0 Å². The zero-order valence-electron chi connectivity index (χ0n) is 9.65. The lowest BCUT2D eigenvalue weighted by atomic mass is 9.77. The minimum atomic E-state index is -0.893. The number of nitriles is 1. The third-order valence-corrected chi connectivity index (χ3v) is 3.36. The molecule has 0 amide bonds. The fraction of sp³-hybridized carbons (Fsp3) is 0.385. The van der Waals surface area contributed by atoms with Crippen LogP contribution in [0.5, 0.6) is 5.75 Å². The van der Waals surface area contributed by atoms with Crippen molar-refractivity contribution in [2.24, 2.45) is 0 Å². The Morgan fingerprint density at radius 1 is 1.56 bits per heavy atom. The summed E-state index contributed by atoms with van der Waals surface area (Å²) in [6.45, 7) is 0. The van der Waals surface area contributed by atoms with Crippen molar-refractivity contribution in [3.63, 3.8) is 0 Å². The smallest absolute Gasteiger partial charge is 0.307 e. The van der Waals surface area contributed by atoms with Gasteiger partial charge in [0.05, 0.1) is 12.0 Å². The van der Waals surface area contributed by atoms with Crippen LogP contribution in [0, 0.1) is 11.3 Å². The highest BCUT2D eigenvalue weighted by atomic mass is 35.5. The van der Waals surface area contributed by atoms with Crippen molar-refractivity contribution in [2.75, 3.05) is 0 Å². The minimum absolute atomic E-state index is 0.0512. The predicted octanol–water partition coefficient (Wildman–Crippen LogP) is 2.99. The van der Waals surface area contributed by atoms with Crippen molar-refractivity contribution in [1.29, 1.82) is 5.26 Å². The van der Waals surface area contributed by atoms with Gasteiger partial charge in [-0.2, -0.15) is 5.26 Å². The molecule has 0 bridgehead atoms. The highest BCUT2D eigenvalue weighted by Crippen LogP contribution is 2.40. The molecule has 1 fully saturated rings. The monoisotopic (exact) mass is 265 g/mol. The predicted molar refractivity (Wildman–Crippen MR) is 65.6 cm³/mol. The molecule has 2 rings (SSSR count). The zero-order chi connectivity index (χ0) is 13.2. The highest BCUT2D eigenvalue weighted by Gasteiger charge is 2.42. The first-order valence-corrected chi connectivity index (χ1v) is 6.03. The number of halogens is 1. The molecule has 18 heavy (non-hydrogen) atoms. The van der Waals surface area contributed by atoms with Gasteiger partial charge in [0.25, 0.3) is 0 Å². The topological polar surface area (TPSA) is 70.3 Å². The Balaban J connectivity index is 2.25. The molecule has 0 aromatic heterocycles. The van der Waals surface area contributed by atoms with Gasteiger partial charge in [-0.3, -0.25) is 4.79 Å². The van der Waals surface area contributed by atoms with Crippen LogP contribution in [0.25, 0.3) is 0 Å². The minimum Gasteiger partial charge on any atom is -0.485 e. The van der Waals surface area contributed by atoms with Crippen molar-refractivity contribution in [1.82, 2.24) is 0 Å². The summed E-state index contributed by atoms with van der Waals surface area (Å²) in [4.78, 5) is 10.8. The number of ether oxygens (including phenoxy) is 1. The van der Waals surface area contributed by atoms with E-state index in [1.165, 1.54) is 0 Å². The normalized spacial score (nSPS) is 16.4. The molecule has 1 N–H and O–H groups in total. The molecule has 0 aliphatic heterocycles. The molecule has 0 saturated heterocycles. The molecular weight excluding hydrogens is 254 g/mol. The molecule has 1 aliphatic carbocycles. The van der Waals surface area contributed by atoms with Gasteiger partial charge in [-0.15, -0.1) is 0 Å². The van der Waals surface area contributed by atoms with Gasteiger partial charge in [0.1, 0.15) is 17.4 Å². The van der Waals surface area contributed by atoms with Gasteiger partial charge >= 0.3 is 5.97 Å². The summed E-state index contributed by atoms with van der Waals surface area (Å²) in [5.41, 5.74) is -0.307. The Labute approximate surface area is 110 Å². The lowest BCUT2D eigenvalue weighted by Gasteiger charge is -2.41. The van der Waals surface area contributed by atoms with Crippen molar-refractivity contribution >= 4 is 17.6 Å². The summed E-state index contributed by atoms with van der Waals surface area (Å²) >= 11 is 5.86. The second-order valence-corrected chi connectivity index (χ2v) is 4.90. The fourth-order valence-electron chi connectivity index (χ4n) is 2.07. The maximum atomic E-state index is 10.8. The van der Waals surface area contributed by atoms with Crippen molar-refractivity contribution < 1.29 is 14.6 Å². The van der Waals surface area contributed by atoms with E-state index < -0.39 is 11.6 Å². The summed E-state index contributed by atoms with van der Waals surface area (Å²) in [7, 11) is 0. The summed E-state index contributed by atoms with van der Waals surface area (Å²) in [6, 6.07) is 6.76. The molecule has 0 heterocycles. The Bertz CT molecular complexity index is 517. The Hall–Kier alpha value is -1.73. The Kier molecular flexibility index (Phi) is 3.44. The van der Waals surface area contributed by atoms with Crippen LogP contribution in [0.15, 0.2) is 18.2 Å². The molecule has 0 unspecified atom stereocenters. The standard InChI is InChI=1S/C13H12ClNO3/c14-10-3-2-9(8-15)11(6-10)18-13(4-1-5-13)7-12(16)17/h2-3,6H,1,4-5,7H2,(H,16,17). The highest BCUT2D eigenvalue weighted by molar-refractivity contribution is 6.30. The number of nitrogens with zero attached hydrogens (tertiary/aromatic N) is 1. The molecule has 1 aliphatic rings. The first-order valence-electron chi connectivity index (χ1n) is 5.65. The van der Waals surface area contributed by atoms with Crippen LogP contribution in [-0.4, -0.2) is 16.7 Å². The van der Waals surface area contributed by atoms with Crippen LogP contribution in [0.2, 0.25) is 5.02 Å². The number of aliphatic carboxylic acids is 1. The van der Waals surface area contributed by atoms with Crippen molar-refractivity contribution in [2.45, 2.75) is 31.3 Å². The summed E-state index contributed by atoms with van der Waals surface area (Å²) < 4.78 is 5.76. The first kappa shape index (κ1) is 12.7. The molecule has 1 aromatic carbocycles. The molecule has 1 aromatic rings. The molecule has 1 saturated carbocycles. The first-order chi connectivity index (χ1) is 8.54. The van der Waals surface area contributed by atoms with Crippen LogP contribution < -0.4 is 4.74 Å². The molecule has 0 atom stereocenters. The maximum Gasteiger partial charge on any atom is 0.307 e. The van der Waals surface area contributed by atoms with E-state index in [0.717, 1.165) is 6.42 Å². The van der Waals surface area contributed by atoms with Gasteiger partial charge in [-0.25, -0.2) is 0 Å². The van der Waals surface area contributed by atoms with Crippen LogP contribution >= 0.6 is 11.6 Å².